The number of rotatable bonds is 6. The maximum atomic E-state index is 13.9. The predicted molar refractivity (Wildman–Crippen MR) is 165 cm³/mol. The largest absolute Gasteiger partial charge is 0.382 e. The lowest BCUT2D eigenvalue weighted by Crippen LogP contribution is -2.28. The minimum atomic E-state index is -0.662. The normalized spacial score (nSPS) is 11.5. The van der Waals surface area contributed by atoms with E-state index in [1.807, 2.05) is 6.07 Å². The molecule has 0 radical (unpaired) electrons. The van der Waals surface area contributed by atoms with Crippen LogP contribution in [0.5, 0.6) is 0 Å². The van der Waals surface area contributed by atoms with Gasteiger partial charge in [-0.05, 0) is 49.4 Å². The molecule has 5 aromatic rings. The van der Waals surface area contributed by atoms with Gasteiger partial charge in [-0.2, -0.15) is 5.26 Å². The van der Waals surface area contributed by atoms with Gasteiger partial charge in [0.25, 0.3) is 5.56 Å². The summed E-state index contributed by atoms with van der Waals surface area (Å²) in [4.78, 5) is 39.5. The third kappa shape index (κ3) is 5.64. The number of nitrogens with two attached hydrogens (primary N) is 1. The molecule has 1 unspecified atom stereocenters. The Labute approximate surface area is 253 Å². The molecule has 0 aliphatic heterocycles. The SMILES string of the molecule is CC(Nc1ncnc(N)c1C#N)c1nc2cccc(Cl)c2c(=O)n1-c1cccc(NC(=O)Nc2c(Cl)cccc2Cl)c1. The van der Waals surface area contributed by atoms with Crippen LogP contribution in [0, 0.1) is 11.3 Å². The Hall–Kier alpha value is -4.89. The molecule has 5 N–H and O–H groups in total. The smallest absolute Gasteiger partial charge is 0.323 e. The molecule has 1 atom stereocenters. The number of halogens is 3. The third-order valence-electron chi connectivity index (χ3n) is 6.17. The highest BCUT2D eigenvalue weighted by Gasteiger charge is 2.22. The van der Waals surface area contributed by atoms with Crippen molar-refractivity contribution in [3.8, 4) is 11.8 Å². The van der Waals surface area contributed by atoms with Crippen molar-refractivity contribution in [1.82, 2.24) is 19.5 Å². The third-order valence-corrected chi connectivity index (χ3v) is 7.11. The summed E-state index contributed by atoms with van der Waals surface area (Å²) in [5, 5.41) is 19.0. The van der Waals surface area contributed by atoms with E-state index in [1.54, 1.807) is 67.6 Å². The van der Waals surface area contributed by atoms with Gasteiger partial charge in [-0.3, -0.25) is 9.36 Å². The molecule has 210 valence electrons. The molecule has 0 saturated heterocycles. The minimum absolute atomic E-state index is 0.00738. The van der Waals surface area contributed by atoms with Crippen LogP contribution in [0.25, 0.3) is 16.6 Å². The molecule has 0 bridgehead atoms. The van der Waals surface area contributed by atoms with Gasteiger partial charge >= 0.3 is 6.03 Å². The molecular formula is C28H20Cl3N9O2. The molecule has 0 fully saturated rings. The average Bonchev–Trinajstić information content (AvgIpc) is 2.95. The molecule has 3 aromatic carbocycles. The molecule has 0 aliphatic rings. The molecule has 2 aromatic heterocycles. The Balaban J connectivity index is 1.57. The van der Waals surface area contributed by atoms with Crippen molar-refractivity contribution in [1.29, 1.82) is 5.26 Å². The van der Waals surface area contributed by atoms with Crippen LogP contribution in [-0.4, -0.2) is 25.6 Å². The van der Waals surface area contributed by atoms with Crippen LogP contribution in [0.15, 0.2) is 71.8 Å². The van der Waals surface area contributed by atoms with Gasteiger partial charge in [0, 0.05) is 5.69 Å². The Morgan fingerprint density at radius 2 is 1.69 bits per heavy atom. The van der Waals surface area contributed by atoms with Gasteiger partial charge in [-0.15, -0.1) is 0 Å². The van der Waals surface area contributed by atoms with Crippen LogP contribution in [0.1, 0.15) is 24.4 Å². The second-order valence-corrected chi connectivity index (χ2v) is 10.2. The summed E-state index contributed by atoms with van der Waals surface area (Å²) < 4.78 is 1.37. The van der Waals surface area contributed by atoms with Crippen molar-refractivity contribution in [2.45, 2.75) is 13.0 Å². The quantitative estimate of drug-likeness (QED) is 0.169. The maximum absolute atomic E-state index is 13.9. The standard InChI is InChI=1S/C28H20Cl3N9O2/c1-14(36-25-17(12-32)24(33)34-13-35-25)26-38-21-10-4-7-18(29)22(21)27(41)40(26)16-6-2-5-15(11-16)37-28(42)39-23-19(30)8-3-9-20(23)31/h2-11,13-14H,1H3,(H2,37,39,42)(H3,33,34,35,36). The zero-order valence-corrected chi connectivity index (χ0v) is 24.0. The Morgan fingerprint density at radius 1 is 1.00 bits per heavy atom. The van der Waals surface area contributed by atoms with E-state index in [-0.39, 0.29) is 49.2 Å². The summed E-state index contributed by atoms with van der Waals surface area (Å²) in [6.07, 6.45) is 1.22. The highest BCUT2D eigenvalue weighted by atomic mass is 35.5. The van der Waals surface area contributed by atoms with Gasteiger partial charge in [-0.25, -0.2) is 19.7 Å². The fraction of sp³-hybridized carbons (Fsp3) is 0.0714. The number of nitrogens with one attached hydrogen (secondary N) is 3. The predicted octanol–water partition coefficient (Wildman–Crippen LogP) is 6.41. The zero-order valence-electron chi connectivity index (χ0n) is 21.7. The van der Waals surface area contributed by atoms with E-state index in [0.29, 0.717) is 16.9 Å². The van der Waals surface area contributed by atoms with Crippen LogP contribution in [0.2, 0.25) is 15.1 Å². The van der Waals surface area contributed by atoms with Crippen LogP contribution in [0.3, 0.4) is 0 Å². The number of amides is 2. The van der Waals surface area contributed by atoms with Crippen molar-refractivity contribution in [2.75, 3.05) is 21.7 Å². The first-order valence-corrected chi connectivity index (χ1v) is 13.4. The van der Waals surface area contributed by atoms with Gasteiger partial charge in [0.2, 0.25) is 0 Å². The Bertz CT molecular complexity index is 1940. The van der Waals surface area contributed by atoms with Crippen molar-refractivity contribution < 1.29 is 4.79 Å². The second kappa shape index (κ2) is 11.9. The Kier molecular flexibility index (Phi) is 8.13. The first kappa shape index (κ1) is 28.6. The monoisotopic (exact) mass is 619 g/mol. The van der Waals surface area contributed by atoms with Crippen molar-refractivity contribution in [3.05, 3.63) is 104 Å². The maximum Gasteiger partial charge on any atom is 0.323 e. The number of aromatic nitrogens is 4. The molecule has 5 rings (SSSR count). The number of hydrogen-bond donors (Lipinski definition) is 4. The fourth-order valence-electron chi connectivity index (χ4n) is 4.25. The van der Waals surface area contributed by atoms with Gasteiger partial charge in [0.1, 0.15) is 35.4 Å². The number of carbonyl (C=O) groups is 1. The van der Waals surface area contributed by atoms with Gasteiger partial charge in [0.15, 0.2) is 0 Å². The van der Waals surface area contributed by atoms with E-state index in [1.165, 1.54) is 10.9 Å². The fourth-order valence-corrected chi connectivity index (χ4v) is 4.99. The highest BCUT2D eigenvalue weighted by Crippen LogP contribution is 2.30. The number of urea groups is 1. The number of nitrogen functional groups attached to an aromatic ring is 1. The summed E-state index contributed by atoms with van der Waals surface area (Å²) in [7, 11) is 0. The number of nitriles is 1. The van der Waals surface area contributed by atoms with Gasteiger partial charge in [0.05, 0.1) is 43.4 Å². The lowest BCUT2D eigenvalue weighted by molar-refractivity contribution is 0.262. The summed E-state index contributed by atoms with van der Waals surface area (Å²) in [5.41, 5.74) is 6.84. The summed E-state index contributed by atoms with van der Waals surface area (Å²) >= 11 is 18.8. The number of hydrogen-bond acceptors (Lipinski definition) is 8. The van der Waals surface area contributed by atoms with Crippen molar-refractivity contribution >= 4 is 74.7 Å². The van der Waals surface area contributed by atoms with Crippen molar-refractivity contribution in [2.24, 2.45) is 0 Å². The number of para-hydroxylation sites is 1. The van der Waals surface area contributed by atoms with E-state index in [2.05, 4.69) is 25.9 Å². The Morgan fingerprint density at radius 3 is 2.43 bits per heavy atom. The lowest BCUT2D eigenvalue weighted by atomic mass is 10.2. The summed E-state index contributed by atoms with van der Waals surface area (Å²) in [6.45, 7) is 1.75. The topological polar surface area (TPSA) is 164 Å². The number of anilines is 4. The number of carbonyl (C=O) groups excluding carboxylic acids is 1. The molecule has 0 saturated carbocycles. The van der Waals surface area contributed by atoms with Gasteiger partial charge < -0.3 is 21.7 Å². The first-order valence-electron chi connectivity index (χ1n) is 12.3. The van der Waals surface area contributed by atoms with E-state index in [9.17, 15) is 14.9 Å². The van der Waals surface area contributed by atoms with E-state index >= 15 is 0 Å². The van der Waals surface area contributed by atoms with E-state index < -0.39 is 17.6 Å². The van der Waals surface area contributed by atoms with Crippen LogP contribution >= 0.6 is 34.8 Å². The highest BCUT2D eigenvalue weighted by molar-refractivity contribution is 6.39. The molecule has 11 nitrogen and oxygen atoms in total. The van der Waals surface area contributed by atoms with Gasteiger partial charge in [-0.1, -0.05) is 53.0 Å². The summed E-state index contributed by atoms with van der Waals surface area (Å²) in [6, 6.07) is 17.1. The number of benzene rings is 3. The molecule has 2 amide bonds. The second-order valence-electron chi connectivity index (χ2n) is 8.93. The molecule has 2 heterocycles. The molecule has 42 heavy (non-hydrogen) atoms. The first-order chi connectivity index (χ1) is 20.2. The molecule has 14 heteroatoms. The summed E-state index contributed by atoms with van der Waals surface area (Å²) in [5.74, 6) is 0.461. The van der Waals surface area contributed by atoms with E-state index in [0.717, 1.165) is 0 Å². The van der Waals surface area contributed by atoms with E-state index in [4.69, 9.17) is 45.5 Å². The van der Waals surface area contributed by atoms with Crippen LogP contribution in [0.4, 0.5) is 27.8 Å². The van der Waals surface area contributed by atoms with Crippen LogP contribution < -0.4 is 27.2 Å². The minimum Gasteiger partial charge on any atom is -0.382 e. The number of fused-ring (bicyclic) bond motifs is 1. The molecule has 0 aliphatic carbocycles. The number of nitrogens with zero attached hydrogens (tertiary/aromatic N) is 5. The molecule has 0 spiro atoms. The zero-order chi connectivity index (χ0) is 30.0. The average molecular weight is 621 g/mol. The van der Waals surface area contributed by atoms with Crippen LogP contribution in [-0.2, 0) is 0 Å². The molecular weight excluding hydrogens is 601 g/mol. The van der Waals surface area contributed by atoms with Crippen molar-refractivity contribution in [3.63, 3.8) is 0 Å². The lowest BCUT2D eigenvalue weighted by Gasteiger charge is -2.21.